The molecular formula is C27H33I3N6O15. The predicted octanol–water partition coefficient (Wildman–Crippen LogP) is -3.65. The zero-order chi connectivity index (χ0) is 37.7. The van der Waals surface area contributed by atoms with Gasteiger partial charge in [-0.1, -0.05) is 0 Å². The van der Waals surface area contributed by atoms with Gasteiger partial charge in [-0.25, -0.2) is 14.4 Å². The summed E-state index contributed by atoms with van der Waals surface area (Å²) in [5.41, 5.74) is -3.14. The lowest BCUT2D eigenvalue weighted by Crippen LogP contribution is -2.33. The van der Waals surface area contributed by atoms with Crippen molar-refractivity contribution in [3.63, 3.8) is 0 Å². The van der Waals surface area contributed by atoms with Crippen molar-refractivity contribution in [3.8, 4) is 0 Å². The van der Waals surface area contributed by atoms with Gasteiger partial charge in [0.15, 0.2) is 0 Å². The van der Waals surface area contributed by atoms with Crippen LogP contribution in [0.4, 0.5) is 0 Å². The first-order valence-corrected chi connectivity index (χ1v) is 18.2. The fraction of sp³-hybridized carbons (Fsp3) is 0.556. The number of aromatic amines is 3. The predicted molar refractivity (Wildman–Crippen MR) is 197 cm³/mol. The van der Waals surface area contributed by atoms with Crippen LogP contribution in [0.15, 0.2) is 47.4 Å². The summed E-state index contributed by atoms with van der Waals surface area (Å²) < 4.78 is 20.7. The second-order valence-electron chi connectivity index (χ2n) is 11.3. The van der Waals surface area contributed by atoms with Gasteiger partial charge in [0.1, 0.15) is 37.0 Å². The highest BCUT2D eigenvalue weighted by Gasteiger charge is 2.37. The molecule has 3 aliphatic rings. The molecule has 0 amide bonds. The van der Waals surface area contributed by atoms with E-state index in [-0.39, 0.29) is 39.1 Å². The molecule has 21 nitrogen and oxygen atoms in total. The standard InChI is InChI=1S/3C9H11IN2O5/c3*10-4-2-12(9(16)11-8(4)15)7-1-5(14)6(3-13)17-7/h3*2,5-7,13-14H,1,3H2,(H,11,15,16)/t3*5-,6+,7+/m000/s1. The van der Waals surface area contributed by atoms with Crippen LogP contribution in [0, 0.1) is 10.7 Å². The molecule has 3 saturated heterocycles. The van der Waals surface area contributed by atoms with Gasteiger partial charge >= 0.3 is 17.1 Å². The first-order chi connectivity index (χ1) is 24.1. The highest BCUT2D eigenvalue weighted by molar-refractivity contribution is 14.1. The van der Waals surface area contributed by atoms with Crippen molar-refractivity contribution in [3.05, 3.63) is 91.8 Å². The van der Waals surface area contributed by atoms with Crippen LogP contribution in [0.1, 0.15) is 37.9 Å². The third-order valence-corrected chi connectivity index (χ3v) is 10.2. The molecule has 0 aromatic carbocycles. The van der Waals surface area contributed by atoms with Crippen molar-refractivity contribution in [2.75, 3.05) is 19.8 Å². The van der Waals surface area contributed by atoms with Gasteiger partial charge in [-0.2, -0.15) is 0 Å². The lowest BCUT2D eigenvalue weighted by molar-refractivity contribution is -0.0459. The summed E-state index contributed by atoms with van der Waals surface area (Å²) in [5, 5.41) is 55.5. The van der Waals surface area contributed by atoms with Gasteiger partial charge in [0, 0.05) is 37.9 Å². The van der Waals surface area contributed by atoms with E-state index in [1.54, 1.807) is 67.8 Å². The number of aliphatic hydroxyl groups is 6. The minimum atomic E-state index is -0.818. The molecule has 0 bridgehead atoms. The van der Waals surface area contributed by atoms with Crippen molar-refractivity contribution in [2.24, 2.45) is 0 Å². The van der Waals surface area contributed by atoms with E-state index in [0.717, 1.165) is 0 Å². The second kappa shape index (κ2) is 18.3. The number of hydrogen-bond acceptors (Lipinski definition) is 15. The van der Waals surface area contributed by atoms with Gasteiger partial charge in [-0.05, 0) is 67.8 Å². The Kier molecular flexibility index (Phi) is 14.9. The van der Waals surface area contributed by atoms with Crippen LogP contribution < -0.4 is 33.7 Å². The van der Waals surface area contributed by atoms with E-state index in [4.69, 9.17) is 29.5 Å². The molecule has 0 unspecified atom stereocenters. The largest absolute Gasteiger partial charge is 0.394 e. The normalized spacial score (nSPS) is 28.5. The number of nitrogens with one attached hydrogen (secondary N) is 3. The molecule has 0 saturated carbocycles. The van der Waals surface area contributed by atoms with Crippen molar-refractivity contribution in [1.82, 2.24) is 28.7 Å². The van der Waals surface area contributed by atoms with Crippen molar-refractivity contribution in [1.29, 1.82) is 0 Å². The van der Waals surface area contributed by atoms with Gasteiger partial charge in [-0.15, -0.1) is 0 Å². The number of ether oxygens (including phenoxy) is 3. The minimum Gasteiger partial charge on any atom is -0.394 e. The maximum Gasteiger partial charge on any atom is 0.330 e. The molecule has 3 fully saturated rings. The monoisotopic (exact) mass is 1060 g/mol. The maximum atomic E-state index is 11.6. The van der Waals surface area contributed by atoms with Gasteiger partial charge in [0.25, 0.3) is 16.7 Å². The number of nitrogens with zero attached hydrogens (tertiary/aromatic N) is 3. The molecule has 3 aromatic rings. The topological polar surface area (TPSA) is 314 Å². The molecule has 0 aliphatic carbocycles. The molecular weight excluding hydrogens is 1030 g/mol. The smallest absolute Gasteiger partial charge is 0.330 e. The Morgan fingerprint density at radius 3 is 0.961 bits per heavy atom. The minimum absolute atomic E-state index is 0.202. The number of halogens is 3. The second-order valence-corrected chi connectivity index (χ2v) is 14.8. The summed E-state index contributed by atoms with van der Waals surface area (Å²) in [7, 11) is 0. The summed E-state index contributed by atoms with van der Waals surface area (Å²) in [6.45, 7) is -0.938. The molecule has 0 radical (unpaired) electrons. The summed E-state index contributed by atoms with van der Waals surface area (Å²) in [5.74, 6) is 0. The van der Waals surface area contributed by atoms with Crippen LogP contribution in [-0.4, -0.2) is 116 Å². The molecule has 3 aliphatic heterocycles. The Hall–Kier alpha value is -2.13. The van der Waals surface area contributed by atoms with Gasteiger partial charge in [0.05, 0.1) is 48.8 Å². The van der Waals surface area contributed by atoms with Gasteiger partial charge < -0.3 is 44.8 Å². The van der Waals surface area contributed by atoms with E-state index in [1.165, 1.54) is 32.3 Å². The molecule has 282 valence electrons. The van der Waals surface area contributed by atoms with Crippen molar-refractivity contribution < 1.29 is 44.8 Å². The van der Waals surface area contributed by atoms with Crippen LogP contribution in [0.5, 0.6) is 0 Å². The van der Waals surface area contributed by atoms with E-state index in [0.29, 0.717) is 10.7 Å². The quantitative estimate of drug-likeness (QED) is 0.108. The third-order valence-electron chi connectivity index (χ3n) is 7.86. The first kappa shape index (κ1) is 41.6. The fourth-order valence-electron chi connectivity index (χ4n) is 5.17. The van der Waals surface area contributed by atoms with E-state index in [1.807, 2.05) is 0 Å². The van der Waals surface area contributed by atoms with Crippen molar-refractivity contribution in [2.45, 2.75) is 74.6 Å². The number of rotatable bonds is 6. The molecule has 6 heterocycles. The Balaban J connectivity index is 0.000000172. The number of aromatic nitrogens is 6. The van der Waals surface area contributed by atoms with Crippen LogP contribution in [0.2, 0.25) is 0 Å². The van der Waals surface area contributed by atoms with E-state index in [2.05, 4.69) is 15.0 Å². The zero-order valence-corrected chi connectivity index (χ0v) is 32.5. The van der Waals surface area contributed by atoms with Gasteiger partial charge in [0.2, 0.25) is 0 Å². The third kappa shape index (κ3) is 10.1. The average Bonchev–Trinajstić information content (AvgIpc) is 3.77. The van der Waals surface area contributed by atoms with Crippen LogP contribution in [0.25, 0.3) is 0 Å². The molecule has 9 N–H and O–H groups in total. The fourth-order valence-corrected chi connectivity index (χ4v) is 6.48. The SMILES string of the molecule is O=c1[nH]c(=O)n([C@H]2C[C@H](O)[C@@H](CO)O2)cc1I.O=c1[nH]c(=O)n([C@H]2C[C@H](O)[C@@H](CO)O2)cc1I.O=c1[nH]c(=O)n([C@H]2C[C@H](O)[C@@H](CO)O2)cc1I. The highest BCUT2D eigenvalue weighted by Crippen LogP contribution is 2.29. The Morgan fingerprint density at radius 1 is 0.529 bits per heavy atom. The van der Waals surface area contributed by atoms with Crippen molar-refractivity contribution >= 4 is 67.8 Å². The molecule has 9 atom stereocenters. The Labute approximate surface area is 325 Å². The van der Waals surface area contributed by atoms with E-state index >= 15 is 0 Å². The summed E-state index contributed by atoms with van der Waals surface area (Å²) in [4.78, 5) is 74.7. The average molecular weight is 1060 g/mol. The molecule has 51 heavy (non-hydrogen) atoms. The molecule has 6 rings (SSSR count). The van der Waals surface area contributed by atoms with Crippen LogP contribution >= 0.6 is 67.8 Å². The molecule has 24 heteroatoms. The van der Waals surface area contributed by atoms with E-state index in [9.17, 15) is 44.1 Å². The maximum absolute atomic E-state index is 11.6. The Morgan fingerprint density at radius 2 is 0.765 bits per heavy atom. The number of aliphatic hydroxyl groups excluding tert-OH is 6. The van der Waals surface area contributed by atoms with Crippen LogP contribution in [0.3, 0.4) is 0 Å². The van der Waals surface area contributed by atoms with Gasteiger partial charge in [-0.3, -0.25) is 43.0 Å². The highest BCUT2D eigenvalue weighted by atomic mass is 127. The summed E-state index contributed by atoms with van der Waals surface area (Å²) in [6, 6.07) is 0. The molecule has 3 aromatic heterocycles. The lowest BCUT2D eigenvalue weighted by Gasteiger charge is -2.14. The lowest BCUT2D eigenvalue weighted by atomic mass is 10.2. The zero-order valence-electron chi connectivity index (χ0n) is 26.0. The van der Waals surface area contributed by atoms with Crippen LogP contribution in [-0.2, 0) is 14.2 Å². The molecule has 0 spiro atoms. The summed E-state index contributed by atoms with van der Waals surface area (Å²) >= 11 is 5.41. The Bertz CT molecular complexity index is 1800. The first-order valence-electron chi connectivity index (χ1n) is 14.9. The number of hydrogen-bond donors (Lipinski definition) is 9. The summed E-state index contributed by atoms with van der Waals surface area (Å²) in [6.07, 6.45) is -1.82. The number of H-pyrrole nitrogens is 3. The van der Waals surface area contributed by atoms with E-state index < -0.39 is 89.1 Å².